The van der Waals surface area contributed by atoms with Crippen LogP contribution in [0.15, 0.2) is 11.8 Å². The van der Waals surface area contributed by atoms with Crippen LogP contribution >= 0.6 is 0 Å². The number of rotatable bonds is 8. The van der Waals surface area contributed by atoms with Crippen LogP contribution < -0.4 is 27.8 Å². The van der Waals surface area contributed by atoms with Crippen LogP contribution in [0.2, 0.25) is 0 Å². The van der Waals surface area contributed by atoms with Crippen LogP contribution in [0, 0.1) is 0 Å². The van der Waals surface area contributed by atoms with Gasteiger partial charge >= 0.3 is 0 Å². The van der Waals surface area contributed by atoms with E-state index in [1.54, 1.807) is 14.0 Å². The van der Waals surface area contributed by atoms with Gasteiger partial charge in [-0.25, -0.2) is 0 Å². The highest BCUT2D eigenvalue weighted by Gasteiger charge is 2.51. The van der Waals surface area contributed by atoms with Crippen molar-refractivity contribution < 1.29 is 34.3 Å². The van der Waals surface area contributed by atoms with Crippen molar-refractivity contribution in [2.75, 3.05) is 26.7 Å². The molecule has 0 aromatic rings. The van der Waals surface area contributed by atoms with E-state index in [0.29, 0.717) is 25.1 Å². The molecule has 12 nitrogen and oxygen atoms in total. The summed E-state index contributed by atoms with van der Waals surface area (Å²) in [7, 11) is 1.64. The summed E-state index contributed by atoms with van der Waals surface area (Å²) in [6, 6.07) is -1.95. The minimum atomic E-state index is -1.28. The molecule has 0 unspecified atom stereocenters. The lowest BCUT2D eigenvalue weighted by Crippen LogP contribution is -2.69. The molecule has 1 saturated carbocycles. The summed E-state index contributed by atoms with van der Waals surface area (Å²) in [6.45, 7) is 4.30. The van der Waals surface area contributed by atoms with Gasteiger partial charge in [-0.1, -0.05) is 6.92 Å². The molecule has 0 spiro atoms. The van der Waals surface area contributed by atoms with Crippen LogP contribution in [-0.4, -0.2) is 109 Å². The quantitative estimate of drug-likeness (QED) is 0.175. The van der Waals surface area contributed by atoms with Gasteiger partial charge < -0.3 is 62.1 Å². The number of aliphatic hydroxyl groups excluding tert-OH is 2. The number of likely N-dealkylation sites (N-methyl/N-ethyl adjacent to an activating group) is 2. The summed E-state index contributed by atoms with van der Waals surface area (Å²) < 4.78 is 23.6. The van der Waals surface area contributed by atoms with Crippen molar-refractivity contribution in [2.45, 2.75) is 93.5 Å². The maximum absolute atomic E-state index is 11.3. The fraction of sp³-hybridized carbons (Fsp3) is 0.905. The van der Waals surface area contributed by atoms with Gasteiger partial charge in [0.05, 0.1) is 25.2 Å². The van der Waals surface area contributed by atoms with Crippen LogP contribution in [0.1, 0.15) is 26.7 Å². The summed E-state index contributed by atoms with van der Waals surface area (Å²) in [5.41, 5.74) is 16.9. The van der Waals surface area contributed by atoms with Gasteiger partial charge in [-0.15, -0.1) is 0 Å². The van der Waals surface area contributed by atoms with Crippen LogP contribution in [0.4, 0.5) is 0 Å². The zero-order valence-electron chi connectivity index (χ0n) is 19.6. The molecular weight excluding hydrogens is 434 g/mol. The van der Waals surface area contributed by atoms with Crippen LogP contribution in [0.3, 0.4) is 0 Å². The Morgan fingerprint density at radius 1 is 1.15 bits per heavy atom. The second-order valence-electron chi connectivity index (χ2n) is 9.31. The largest absolute Gasteiger partial charge is 0.467 e. The first-order valence-corrected chi connectivity index (χ1v) is 11.6. The number of hydrogen-bond donors (Lipinski definition) is 8. The lowest BCUT2D eigenvalue weighted by Gasteiger charge is -2.49. The van der Waals surface area contributed by atoms with Crippen LogP contribution in [0.5, 0.6) is 0 Å². The second-order valence-corrected chi connectivity index (χ2v) is 9.31. The topological polar surface area (TPSA) is 200 Å². The fourth-order valence-electron chi connectivity index (χ4n) is 4.86. The standard InChI is InChI=1S/C21H41N5O7/c1-4-26-13-7-12(24)16(32-19-11(23)6-5-10(8-22)31-19)14(27)17(13)33-20-15(28)18(25-3)21(2,29)9-30-20/h5,11-20,25-29H,4,6-9,22-24H2,1-3H3/t11-,12-,13+,14-,15-,16+,17+,18+,19+,20+,21-/m0/s1. The molecule has 192 valence electrons. The number of nitrogens with one attached hydrogen (secondary N) is 2. The van der Waals surface area contributed by atoms with Gasteiger partial charge in [-0.2, -0.15) is 0 Å². The maximum atomic E-state index is 11.3. The SMILES string of the molecule is CCN[C@@H]1C[C@H](N)[C@@H](O[C@H]2OC(CN)=CC[C@@H]2N)[C@H](O)[C@@H]1O[C@H]1OC[C@](C)(O)[C@H](NC)[C@@H]1O. The van der Waals surface area contributed by atoms with Gasteiger partial charge in [0.15, 0.2) is 6.29 Å². The van der Waals surface area contributed by atoms with Crippen molar-refractivity contribution in [1.82, 2.24) is 10.6 Å². The lowest BCUT2D eigenvalue weighted by atomic mass is 9.83. The van der Waals surface area contributed by atoms with Crippen molar-refractivity contribution >= 4 is 0 Å². The van der Waals surface area contributed by atoms with Crippen molar-refractivity contribution in [3.63, 3.8) is 0 Å². The van der Waals surface area contributed by atoms with E-state index in [0.717, 1.165) is 0 Å². The molecule has 0 aromatic heterocycles. The van der Waals surface area contributed by atoms with E-state index in [9.17, 15) is 15.3 Å². The van der Waals surface area contributed by atoms with Crippen molar-refractivity contribution in [3.05, 3.63) is 11.8 Å². The molecule has 2 fully saturated rings. The molecule has 0 radical (unpaired) electrons. The predicted molar refractivity (Wildman–Crippen MR) is 120 cm³/mol. The molecule has 12 heteroatoms. The van der Waals surface area contributed by atoms with Crippen molar-refractivity contribution in [3.8, 4) is 0 Å². The summed E-state index contributed by atoms with van der Waals surface area (Å²) in [4.78, 5) is 0. The summed E-state index contributed by atoms with van der Waals surface area (Å²) in [5.74, 6) is 0.572. The van der Waals surface area contributed by atoms with E-state index in [-0.39, 0.29) is 19.2 Å². The zero-order valence-corrected chi connectivity index (χ0v) is 19.6. The van der Waals surface area contributed by atoms with Gasteiger partial charge in [-0.05, 0) is 39.4 Å². The normalized spacial score (nSPS) is 46.5. The zero-order chi connectivity index (χ0) is 24.3. The third kappa shape index (κ3) is 5.85. The second kappa shape index (κ2) is 11.2. The molecule has 11 N–H and O–H groups in total. The van der Waals surface area contributed by atoms with Gasteiger partial charge in [0.2, 0.25) is 6.29 Å². The number of ether oxygens (including phenoxy) is 4. The molecule has 0 bridgehead atoms. The van der Waals surface area contributed by atoms with Gasteiger partial charge in [-0.3, -0.25) is 0 Å². The molecule has 2 aliphatic heterocycles. The number of aliphatic hydroxyl groups is 3. The molecular formula is C21H41N5O7. The predicted octanol–water partition coefficient (Wildman–Crippen LogP) is -3.20. The third-order valence-electron chi connectivity index (χ3n) is 6.64. The molecule has 3 aliphatic rings. The Morgan fingerprint density at radius 2 is 1.85 bits per heavy atom. The Kier molecular flexibility index (Phi) is 9.08. The van der Waals surface area contributed by atoms with E-state index < -0.39 is 60.7 Å². The average molecular weight is 476 g/mol. The highest BCUT2D eigenvalue weighted by atomic mass is 16.7. The fourth-order valence-corrected chi connectivity index (χ4v) is 4.86. The Morgan fingerprint density at radius 3 is 2.48 bits per heavy atom. The van der Waals surface area contributed by atoms with Crippen LogP contribution in [-0.2, 0) is 18.9 Å². The first-order chi connectivity index (χ1) is 15.6. The molecule has 1 aliphatic carbocycles. The van der Waals surface area contributed by atoms with Crippen molar-refractivity contribution in [1.29, 1.82) is 0 Å². The summed E-state index contributed by atoms with van der Waals surface area (Å²) in [5, 5.41) is 38.8. The smallest absolute Gasteiger partial charge is 0.215 e. The summed E-state index contributed by atoms with van der Waals surface area (Å²) >= 11 is 0. The summed E-state index contributed by atoms with van der Waals surface area (Å²) in [6.07, 6.45) is -3.05. The highest BCUT2D eigenvalue weighted by molar-refractivity contribution is 5.05. The monoisotopic (exact) mass is 475 g/mol. The minimum absolute atomic E-state index is 0.0483. The first-order valence-electron chi connectivity index (χ1n) is 11.6. The molecule has 33 heavy (non-hydrogen) atoms. The first kappa shape index (κ1) is 26.7. The van der Waals surface area contributed by atoms with Crippen molar-refractivity contribution in [2.24, 2.45) is 17.2 Å². The molecule has 0 amide bonds. The van der Waals surface area contributed by atoms with Gasteiger partial charge in [0, 0.05) is 12.1 Å². The third-order valence-corrected chi connectivity index (χ3v) is 6.64. The van der Waals surface area contributed by atoms with Gasteiger partial charge in [0.25, 0.3) is 0 Å². The number of nitrogens with two attached hydrogens (primary N) is 3. The van der Waals surface area contributed by atoms with E-state index >= 15 is 0 Å². The molecule has 2 heterocycles. The van der Waals surface area contributed by atoms with Crippen LogP contribution in [0.25, 0.3) is 0 Å². The highest BCUT2D eigenvalue weighted by Crippen LogP contribution is 2.31. The Bertz CT molecular complexity index is 669. The average Bonchev–Trinajstić information content (AvgIpc) is 2.76. The maximum Gasteiger partial charge on any atom is 0.215 e. The molecule has 3 rings (SSSR count). The molecule has 0 aromatic carbocycles. The number of hydrogen-bond acceptors (Lipinski definition) is 12. The minimum Gasteiger partial charge on any atom is -0.467 e. The van der Waals surface area contributed by atoms with E-state index in [4.69, 9.17) is 36.1 Å². The lowest BCUT2D eigenvalue weighted by molar-refractivity contribution is -0.304. The van der Waals surface area contributed by atoms with E-state index in [1.165, 1.54) is 0 Å². The Balaban J connectivity index is 1.75. The Labute approximate surface area is 194 Å². The molecule has 1 saturated heterocycles. The van der Waals surface area contributed by atoms with E-state index in [2.05, 4.69) is 10.6 Å². The van der Waals surface area contributed by atoms with Gasteiger partial charge in [0.1, 0.15) is 35.8 Å². The Hall–Kier alpha value is -0.900. The van der Waals surface area contributed by atoms with E-state index in [1.807, 2.05) is 13.0 Å². The molecule has 11 atom stereocenters.